The predicted octanol–water partition coefficient (Wildman–Crippen LogP) is 1.31. The Kier molecular flexibility index (Phi) is 0.671. The zero-order valence-electron chi connectivity index (χ0n) is 5.39. The van der Waals surface area contributed by atoms with Crippen molar-refractivity contribution in [3.8, 4) is 0 Å². The lowest BCUT2D eigenvalue weighted by molar-refractivity contribution is 1.00. The van der Waals surface area contributed by atoms with E-state index in [2.05, 4.69) is 5.10 Å². The topological polar surface area (TPSA) is 37.3 Å². The highest BCUT2D eigenvalue weighted by atomic mass is 35.5. The zero-order valence-corrected chi connectivity index (χ0v) is 6.14. The van der Waals surface area contributed by atoms with Crippen LogP contribution < -0.4 is 5.43 Å². The first kappa shape index (κ1) is 5.43. The molecule has 4 heteroatoms. The third-order valence-electron chi connectivity index (χ3n) is 1.98. The third kappa shape index (κ3) is 0.426. The summed E-state index contributed by atoms with van der Waals surface area (Å²) in [6, 6.07) is 3.15. The Hall–Kier alpha value is -1.22. The van der Waals surface area contributed by atoms with E-state index in [9.17, 15) is 4.79 Å². The Morgan fingerprint density at radius 2 is 2.00 bits per heavy atom. The van der Waals surface area contributed by atoms with Crippen molar-refractivity contribution in [3.05, 3.63) is 27.5 Å². The minimum Gasteiger partial charge on any atom is -0.290 e. The normalized spacial score (nSPS) is 12.5. The first-order valence-corrected chi connectivity index (χ1v) is 3.60. The van der Waals surface area contributed by atoms with Gasteiger partial charge in [-0.1, -0.05) is 11.6 Å². The molecule has 0 unspecified atom stereocenters. The van der Waals surface area contributed by atoms with Gasteiger partial charge >= 0.3 is 0 Å². The first-order chi connectivity index (χ1) is 5.27. The van der Waals surface area contributed by atoms with E-state index in [1.165, 1.54) is 0 Å². The van der Waals surface area contributed by atoms with E-state index in [0.717, 1.165) is 16.4 Å². The molecule has 0 spiro atoms. The van der Waals surface area contributed by atoms with Crippen LogP contribution >= 0.6 is 11.6 Å². The van der Waals surface area contributed by atoms with Crippen molar-refractivity contribution in [1.82, 2.24) is 9.61 Å². The summed E-state index contributed by atoms with van der Waals surface area (Å²) in [5.74, 6) is 0. The number of hydrogen-bond donors (Lipinski definition) is 1. The highest BCUT2D eigenvalue weighted by Gasteiger charge is 2.18. The van der Waals surface area contributed by atoms with E-state index >= 15 is 0 Å². The monoisotopic (exact) mass is 166 g/mol. The first-order valence-electron chi connectivity index (χ1n) is 3.22. The Balaban J connectivity index is 2.75. The van der Waals surface area contributed by atoms with Crippen molar-refractivity contribution in [3.63, 3.8) is 0 Å². The molecule has 0 saturated heterocycles. The van der Waals surface area contributed by atoms with Gasteiger partial charge in [0.05, 0.1) is 16.4 Å². The van der Waals surface area contributed by atoms with Crippen LogP contribution in [-0.2, 0) is 0 Å². The molecule has 54 valence electrons. The Morgan fingerprint density at radius 1 is 1.36 bits per heavy atom. The van der Waals surface area contributed by atoms with Crippen molar-refractivity contribution in [2.24, 2.45) is 0 Å². The van der Waals surface area contributed by atoms with Crippen LogP contribution in [0.3, 0.4) is 0 Å². The van der Waals surface area contributed by atoms with E-state index < -0.39 is 0 Å². The lowest BCUT2D eigenvalue weighted by Crippen LogP contribution is -2.04. The van der Waals surface area contributed by atoms with Crippen LogP contribution in [0.25, 0.3) is 16.4 Å². The van der Waals surface area contributed by atoms with Crippen LogP contribution in [0.15, 0.2) is 16.9 Å². The summed E-state index contributed by atoms with van der Waals surface area (Å²) in [5, 5.41) is 4.50. The summed E-state index contributed by atoms with van der Waals surface area (Å²) in [4.78, 5) is 10.9. The second-order valence-electron chi connectivity index (χ2n) is 2.60. The lowest BCUT2D eigenvalue weighted by atomic mass is 10.2. The fourth-order valence-corrected chi connectivity index (χ4v) is 1.79. The van der Waals surface area contributed by atoms with Crippen molar-refractivity contribution in [1.29, 1.82) is 0 Å². The van der Waals surface area contributed by atoms with Gasteiger partial charge in [-0.05, 0) is 0 Å². The van der Waals surface area contributed by atoms with Gasteiger partial charge in [0.1, 0.15) is 5.15 Å². The second kappa shape index (κ2) is 1.36. The molecule has 11 heavy (non-hydrogen) atoms. The molecule has 0 aliphatic rings. The number of nitrogens with one attached hydrogen (secondary N) is 1. The number of rotatable bonds is 0. The summed E-state index contributed by atoms with van der Waals surface area (Å²) < 4.78 is 1.80. The minimum absolute atomic E-state index is 0.0446. The molecular weight excluding hydrogens is 164 g/mol. The molecule has 0 amide bonds. The molecule has 0 radical (unpaired) electrons. The van der Waals surface area contributed by atoms with Crippen molar-refractivity contribution >= 4 is 28.0 Å². The van der Waals surface area contributed by atoms with Crippen molar-refractivity contribution in [2.75, 3.05) is 0 Å². The van der Waals surface area contributed by atoms with Gasteiger partial charge in [0, 0.05) is 12.1 Å². The average Bonchev–Trinajstić information content (AvgIpc) is 2.43. The van der Waals surface area contributed by atoms with Crippen molar-refractivity contribution in [2.45, 2.75) is 0 Å². The summed E-state index contributed by atoms with van der Waals surface area (Å²) in [6.07, 6.45) is 0. The molecule has 1 aromatic carbocycles. The number of halogens is 1. The molecule has 0 atom stereocenters. The smallest absolute Gasteiger partial charge is 0.182 e. The van der Waals surface area contributed by atoms with Crippen LogP contribution in [0.5, 0.6) is 0 Å². The van der Waals surface area contributed by atoms with E-state index in [1.807, 2.05) is 0 Å². The number of pyridine rings is 1. The quantitative estimate of drug-likeness (QED) is 0.537. The molecule has 0 fully saturated rings. The SMILES string of the molecule is O=c1cc2c3c(Cl)[nH]n2c3c1. The molecule has 1 N–H and O–H groups in total. The lowest BCUT2D eigenvalue weighted by Gasteiger charge is -2.03. The molecule has 4 heterocycles. The number of nitrogens with zero attached hydrogens (tertiary/aromatic N) is 1. The number of aromatic amines is 1. The predicted molar refractivity (Wildman–Crippen MR) is 42.9 cm³/mol. The van der Waals surface area contributed by atoms with Gasteiger partial charge in [-0.2, -0.15) is 0 Å². The molecule has 4 bridgehead atoms. The second-order valence-corrected chi connectivity index (χ2v) is 2.98. The van der Waals surface area contributed by atoms with Gasteiger partial charge in [-0.15, -0.1) is 0 Å². The molecule has 5 aromatic rings. The van der Waals surface area contributed by atoms with Crippen LogP contribution in [0.1, 0.15) is 0 Å². The van der Waals surface area contributed by atoms with E-state index in [-0.39, 0.29) is 5.43 Å². The maximum Gasteiger partial charge on any atom is 0.182 e. The van der Waals surface area contributed by atoms with Gasteiger partial charge in [0.2, 0.25) is 0 Å². The average molecular weight is 167 g/mol. The molecule has 3 nitrogen and oxygen atoms in total. The molecule has 0 saturated carbocycles. The van der Waals surface area contributed by atoms with E-state index in [1.54, 1.807) is 16.6 Å². The molecule has 4 aromatic heterocycles. The maximum atomic E-state index is 10.9. The molecule has 0 aliphatic carbocycles. The Bertz CT molecular complexity index is 528. The van der Waals surface area contributed by atoms with Gasteiger partial charge in [-0.25, -0.2) is 0 Å². The van der Waals surface area contributed by atoms with Gasteiger partial charge in [0.15, 0.2) is 5.43 Å². The summed E-state index contributed by atoms with van der Waals surface area (Å²) in [5.41, 5.74) is 1.85. The standard InChI is InChI=1S/C7H3ClN2O/c8-7-6-4-1-3(11)2-5(6)10(4)9-7/h1-2,9H. The number of hydrogen-bond acceptors (Lipinski definition) is 1. The van der Waals surface area contributed by atoms with Crippen LogP contribution in [0.2, 0.25) is 5.15 Å². The molecule has 0 aliphatic heterocycles. The van der Waals surface area contributed by atoms with E-state index in [0.29, 0.717) is 5.15 Å². The minimum atomic E-state index is 0.0446. The summed E-state index contributed by atoms with van der Waals surface area (Å²) in [7, 11) is 0. The van der Waals surface area contributed by atoms with Crippen LogP contribution in [-0.4, -0.2) is 9.61 Å². The zero-order chi connectivity index (χ0) is 7.59. The summed E-state index contributed by atoms with van der Waals surface area (Å²) >= 11 is 5.79. The van der Waals surface area contributed by atoms with Crippen LogP contribution in [0.4, 0.5) is 0 Å². The fourth-order valence-electron chi connectivity index (χ4n) is 1.52. The highest BCUT2D eigenvalue weighted by molar-refractivity contribution is 6.37. The van der Waals surface area contributed by atoms with Gasteiger partial charge < -0.3 is 0 Å². The Morgan fingerprint density at radius 3 is 2.45 bits per heavy atom. The number of aromatic nitrogens is 2. The Labute approximate surface area is 65.8 Å². The van der Waals surface area contributed by atoms with Crippen LogP contribution in [0, 0.1) is 0 Å². The van der Waals surface area contributed by atoms with Crippen molar-refractivity contribution < 1.29 is 0 Å². The maximum absolute atomic E-state index is 10.9. The molecule has 5 rings (SSSR count). The fraction of sp³-hybridized carbons (Fsp3) is 0. The third-order valence-corrected chi connectivity index (χ3v) is 2.25. The number of benzene rings is 1. The van der Waals surface area contributed by atoms with E-state index in [4.69, 9.17) is 11.6 Å². The summed E-state index contributed by atoms with van der Waals surface area (Å²) in [6.45, 7) is 0. The number of H-pyrrole nitrogens is 1. The number of fused-ring (bicyclic) bond motifs is 3. The van der Waals surface area contributed by atoms with Gasteiger partial charge in [0.25, 0.3) is 0 Å². The highest BCUT2D eigenvalue weighted by Crippen LogP contribution is 2.32. The molecular formula is C7H3ClN2O. The largest absolute Gasteiger partial charge is 0.290 e. The van der Waals surface area contributed by atoms with Gasteiger partial charge in [-0.3, -0.25) is 14.4 Å².